The molecule has 0 fully saturated rings. The number of furan rings is 1. The van der Waals surface area contributed by atoms with Crippen molar-refractivity contribution < 1.29 is 9.21 Å². The second-order valence-corrected chi connectivity index (χ2v) is 4.87. The molecule has 2 N–H and O–H groups in total. The molecule has 0 aliphatic heterocycles. The van der Waals surface area contributed by atoms with Crippen molar-refractivity contribution in [2.75, 3.05) is 5.73 Å². The van der Waals surface area contributed by atoms with Gasteiger partial charge in [-0.15, -0.1) is 0 Å². The molecule has 0 spiro atoms. The van der Waals surface area contributed by atoms with Gasteiger partial charge in [-0.2, -0.15) is 0 Å². The van der Waals surface area contributed by atoms with Crippen molar-refractivity contribution in [1.29, 1.82) is 0 Å². The SMILES string of the molecule is Nc1ccc(Br)c(C(=O)c2occc2Br)c1. The summed E-state index contributed by atoms with van der Waals surface area (Å²) in [5, 5.41) is 0. The van der Waals surface area contributed by atoms with Crippen molar-refractivity contribution >= 4 is 43.3 Å². The number of anilines is 1. The number of hydrogen-bond acceptors (Lipinski definition) is 3. The maximum Gasteiger partial charge on any atom is 0.230 e. The molecule has 5 heteroatoms. The summed E-state index contributed by atoms with van der Waals surface area (Å²) in [7, 11) is 0. The molecule has 0 radical (unpaired) electrons. The Kier molecular flexibility index (Phi) is 3.16. The molecule has 0 amide bonds. The number of nitrogens with two attached hydrogens (primary N) is 1. The molecule has 1 heterocycles. The van der Waals surface area contributed by atoms with Crippen LogP contribution in [0.4, 0.5) is 5.69 Å². The zero-order valence-corrected chi connectivity index (χ0v) is 11.2. The molecule has 82 valence electrons. The molecule has 0 unspecified atom stereocenters. The first-order valence-corrected chi connectivity index (χ1v) is 6.01. The minimum atomic E-state index is -0.212. The quantitative estimate of drug-likeness (QED) is 0.668. The first-order chi connectivity index (χ1) is 7.59. The molecular formula is C11H7Br2NO2. The van der Waals surface area contributed by atoms with Gasteiger partial charge in [0.15, 0.2) is 5.76 Å². The van der Waals surface area contributed by atoms with Crippen LogP contribution < -0.4 is 5.73 Å². The normalized spacial score (nSPS) is 10.4. The Morgan fingerprint density at radius 3 is 2.56 bits per heavy atom. The van der Waals surface area contributed by atoms with Gasteiger partial charge in [-0.05, 0) is 40.2 Å². The fraction of sp³-hybridized carbons (Fsp3) is 0. The fourth-order valence-electron chi connectivity index (χ4n) is 1.29. The van der Waals surface area contributed by atoms with E-state index < -0.39 is 0 Å². The molecule has 0 aliphatic carbocycles. The summed E-state index contributed by atoms with van der Waals surface area (Å²) in [6, 6.07) is 6.74. The van der Waals surface area contributed by atoms with Crippen LogP contribution >= 0.6 is 31.9 Å². The zero-order valence-electron chi connectivity index (χ0n) is 8.04. The first kappa shape index (κ1) is 11.4. The van der Waals surface area contributed by atoms with E-state index in [0.717, 1.165) is 0 Å². The van der Waals surface area contributed by atoms with Crippen molar-refractivity contribution in [1.82, 2.24) is 0 Å². The van der Waals surface area contributed by atoms with E-state index in [1.54, 1.807) is 24.3 Å². The van der Waals surface area contributed by atoms with Crippen molar-refractivity contribution in [3.05, 3.63) is 50.8 Å². The van der Waals surface area contributed by atoms with E-state index in [2.05, 4.69) is 31.9 Å². The number of nitrogen functional groups attached to an aromatic ring is 1. The third-order valence-electron chi connectivity index (χ3n) is 2.06. The molecule has 1 aromatic carbocycles. The Balaban J connectivity index is 2.49. The van der Waals surface area contributed by atoms with Gasteiger partial charge in [0.25, 0.3) is 0 Å². The summed E-state index contributed by atoms with van der Waals surface area (Å²) in [5.41, 5.74) is 6.66. The second-order valence-electron chi connectivity index (χ2n) is 3.17. The third kappa shape index (κ3) is 2.05. The molecule has 3 nitrogen and oxygen atoms in total. The Morgan fingerprint density at radius 2 is 1.94 bits per heavy atom. The van der Waals surface area contributed by atoms with E-state index in [0.29, 0.717) is 20.2 Å². The Hall–Kier alpha value is -1.07. The summed E-state index contributed by atoms with van der Waals surface area (Å²) >= 11 is 6.55. The van der Waals surface area contributed by atoms with E-state index in [9.17, 15) is 4.79 Å². The number of ketones is 1. The highest BCUT2D eigenvalue weighted by Gasteiger charge is 2.18. The molecule has 0 aliphatic rings. The van der Waals surface area contributed by atoms with E-state index in [1.807, 2.05) is 0 Å². The summed E-state index contributed by atoms with van der Waals surface area (Å²) < 4.78 is 6.44. The Bertz CT molecular complexity index is 549. The number of carbonyl (C=O) groups excluding carboxylic acids is 1. The van der Waals surface area contributed by atoms with Crippen LogP contribution in [0.15, 0.2) is 43.9 Å². The maximum atomic E-state index is 12.1. The van der Waals surface area contributed by atoms with Crippen LogP contribution in [0.2, 0.25) is 0 Å². The van der Waals surface area contributed by atoms with E-state index in [-0.39, 0.29) is 11.5 Å². The fourth-order valence-corrected chi connectivity index (χ4v) is 2.10. The predicted molar refractivity (Wildman–Crippen MR) is 68.4 cm³/mol. The number of hydrogen-bond donors (Lipinski definition) is 1. The van der Waals surface area contributed by atoms with Crippen LogP contribution in [0.1, 0.15) is 16.1 Å². The predicted octanol–water partition coefficient (Wildman–Crippen LogP) is 3.62. The highest BCUT2D eigenvalue weighted by atomic mass is 79.9. The van der Waals surface area contributed by atoms with Gasteiger partial charge in [0.1, 0.15) is 0 Å². The lowest BCUT2D eigenvalue weighted by Crippen LogP contribution is -2.02. The number of halogens is 2. The topological polar surface area (TPSA) is 56.2 Å². The van der Waals surface area contributed by atoms with Crippen molar-refractivity contribution in [3.63, 3.8) is 0 Å². The van der Waals surface area contributed by atoms with Crippen LogP contribution in [0.25, 0.3) is 0 Å². The zero-order chi connectivity index (χ0) is 11.7. The van der Waals surface area contributed by atoms with E-state index >= 15 is 0 Å². The average molecular weight is 345 g/mol. The van der Waals surface area contributed by atoms with Gasteiger partial charge in [0, 0.05) is 15.7 Å². The minimum absolute atomic E-state index is 0.212. The Labute approximate surface area is 109 Å². The monoisotopic (exact) mass is 343 g/mol. The number of carbonyl (C=O) groups is 1. The lowest BCUT2D eigenvalue weighted by Gasteiger charge is -2.03. The van der Waals surface area contributed by atoms with Crippen LogP contribution in [0.3, 0.4) is 0 Å². The minimum Gasteiger partial charge on any atom is -0.460 e. The molecule has 0 atom stereocenters. The van der Waals surface area contributed by atoms with Gasteiger partial charge < -0.3 is 10.2 Å². The standard InChI is InChI=1S/C11H7Br2NO2/c12-8-2-1-6(14)5-7(8)10(15)11-9(13)3-4-16-11/h1-5H,14H2. The Morgan fingerprint density at radius 1 is 1.19 bits per heavy atom. The van der Waals surface area contributed by atoms with Crippen LogP contribution in [0, 0.1) is 0 Å². The van der Waals surface area contributed by atoms with Crippen LogP contribution in [-0.2, 0) is 0 Å². The van der Waals surface area contributed by atoms with Gasteiger partial charge in [-0.25, -0.2) is 0 Å². The molecule has 0 saturated carbocycles. The highest BCUT2D eigenvalue weighted by Crippen LogP contribution is 2.26. The molecule has 2 aromatic rings. The summed E-state index contributed by atoms with van der Waals surface area (Å²) in [6.45, 7) is 0. The lowest BCUT2D eigenvalue weighted by atomic mass is 10.1. The molecular weight excluding hydrogens is 338 g/mol. The molecule has 1 aromatic heterocycles. The number of rotatable bonds is 2. The van der Waals surface area contributed by atoms with Crippen LogP contribution in [0.5, 0.6) is 0 Å². The van der Waals surface area contributed by atoms with Crippen LogP contribution in [-0.4, -0.2) is 5.78 Å². The van der Waals surface area contributed by atoms with E-state index in [1.165, 1.54) is 6.26 Å². The maximum absolute atomic E-state index is 12.1. The van der Waals surface area contributed by atoms with Crippen molar-refractivity contribution in [3.8, 4) is 0 Å². The van der Waals surface area contributed by atoms with Crippen molar-refractivity contribution in [2.45, 2.75) is 0 Å². The summed E-state index contributed by atoms with van der Waals surface area (Å²) in [6.07, 6.45) is 1.46. The highest BCUT2D eigenvalue weighted by molar-refractivity contribution is 9.10. The van der Waals surface area contributed by atoms with E-state index in [4.69, 9.17) is 10.2 Å². The lowest BCUT2D eigenvalue weighted by molar-refractivity contribution is 0.101. The smallest absolute Gasteiger partial charge is 0.230 e. The molecule has 2 rings (SSSR count). The van der Waals surface area contributed by atoms with Gasteiger partial charge in [0.2, 0.25) is 5.78 Å². The molecule has 16 heavy (non-hydrogen) atoms. The summed E-state index contributed by atoms with van der Waals surface area (Å²) in [5.74, 6) is 0.0577. The third-order valence-corrected chi connectivity index (χ3v) is 3.37. The molecule has 0 bridgehead atoms. The first-order valence-electron chi connectivity index (χ1n) is 4.42. The molecule has 0 saturated heterocycles. The van der Waals surface area contributed by atoms with Gasteiger partial charge in [-0.3, -0.25) is 4.79 Å². The van der Waals surface area contributed by atoms with Gasteiger partial charge in [-0.1, -0.05) is 15.9 Å². The van der Waals surface area contributed by atoms with Crippen molar-refractivity contribution in [2.24, 2.45) is 0 Å². The summed E-state index contributed by atoms with van der Waals surface area (Å²) in [4.78, 5) is 12.1. The largest absolute Gasteiger partial charge is 0.460 e. The second kappa shape index (κ2) is 4.43. The van der Waals surface area contributed by atoms with Gasteiger partial charge in [0.05, 0.1) is 10.7 Å². The van der Waals surface area contributed by atoms with Gasteiger partial charge >= 0.3 is 0 Å². The average Bonchev–Trinajstić information content (AvgIpc) is 2.67. The number of benzene rings is 1.